The number of benzene rings is 2. The lowest BCUT2D eigenvalue weighted by Gasteiger charge is -2.35. The number of aryl methyl sites for hydroxylation is 1. The Morgan fingerprint density at radius 2 is 1.57 bits per heavy atom. The molecule has 30 heavy (non-hydrogen) atoms. The highest BCUT2D eigenvalue weighted by atomic mass is 16.5. The maximum absolute atomic E-state index is 5.28. The Hall–Kier alpha value is -2.04. The molecule has 2 aromatic rings. The average Bonchev–Trinajstić information content (AvgIpc) is 2.81. The summed E-state index contributed by atoms with van der Waals surface area (Å²) in [6, 6.07) is 18.4. The summed E-state index contributed by atoms with van der Waals surface area (Å²) in [6.07, 6.45) is 4.73. The van der Waals surface area contributed by atoms with Crippen molar-refractivity contribution in [1.82, 2.24) is 10.2 Å². The Labute approximate surface area is 183 Å². The van der Waals surface area contributed by atoms with Gasteiger partial charge in [-0.05, 0) is 74.9 Å². The molecular formula is C26H39N3O. The molecular weight excluding hydrogens is 370 g/mol. The Balaban J connectivity index is 1.60. The van der Waals surface area contributed by atoms with Gasteiger partial charge in [-0.1, -0.05) is 24.3 Å². The number of ether oxygens (including phenoxy) is 1. The monoisotopic (exact) mass is 409 g/mol. The molecule has 1 saturated heterocycles. The van der Waals surface area contributed by atoms with Crippen LogP contribution in [0.1, 0.15) is 37.8 Å². The van der Waals surface area contributed by atoms with Crippen LogP contribution in [0.25, 0.3) is 0 Å². The maximum Gasteiger partial charge on any atom is 0.118 e. The lowest BCUT2D eigenvalue weighted by Crippen LogP contribution is -2.49. The smallest absolute Gasteiger partial charge is 0.118 e. The van der Waals surface area contributed by atoms with E-state index in [-0.39, 0.29) is 0 Å². The summed E-state index contributed by atoms with van der Waals surface area (Å²) in [5, 5.41) is 3.50. The van der Waals surface area contributed by atoms with Crippen LogP contribution < -0.4 is 15.0 Å². The van der Waals surface area contributed by atoms with E-state index >= 15 is 0 Å². The van der Waals surface area contributed by atoms with Crippen molar-refractivity contribution in [2.75, 3.05) is 51.3 Å². The van der Waals surface area contributed by atoms with Crippen LogP contribution in [-0.2, 0) is 12.8 Å². The SMILES string of the molecule is CCN(CC)c1ccc(CC(CCCc2ccc(OC)cc2)N2CCNCC2)cc1. The minimum Gasteiger partial charge on any atom is -0.497 e. The van der Waals surface area contributed by atoms with Gasteiger partial charge in [-0.3, -0.25) is 4.90 Å². The molecule has 2 aromatic carbocycles. The molecule has 4 heteroatoms. The number of hydrogen-bond donors (Lipinski definition) is 1. The first-order chi connectivity index (χ1) is 14.7. The summed E-state index contributed by atoms with van der Waals surface area (Å²) < 4.78 is 5.28. The van der Waals surface area contributed by atoms with Crippen LogP contribution in [0.4, 0.5) is 5.69 Å². The minimum absolute atomic E-state index is 0.615. The molecule has 1 heterocycles. The van der Waals surface area contributed by atoms with Gasteiger partial charge in [0.15, 0.2) is 0 Å². The van der Waals surface area contributed by atoms with Gasteiger partial charge < -0.3 is 15.0 Å². The molecule has 0 amide bonds. The van der Waals surface area contributed by atoms with Crippen molar-refractivity contribution >= 4 is 5.69 Å². The van der Waals surface area contributed by atoms with Crippen molar-refractivity contribution in [2.24, 2.45) is 0 Å². The normalized spacial score (nSPS) is 15.7. The van der Waals surface area contributed by atoms with Crippen molar-refractivity contribution in [3.05, 3.63) is 59.7 Å². The van der Waals surface area contributed by atoms with Gasteiger partial charge in [0.05, 0.1) is 7.11 Å². The van der Waals surface area contributed by atoms with E-state index in [1.54, 1.807) is 7.11 Å². The highest BCUT2D eigenvalue weighted by molar-refractivity contribution is 5.47. The van der Waals surface area contributed by atoms with Gasteiger partial charge in [-0.25, -0.2) is 0 Å². The summed E-state index contributed by atoms with van der Waals surface area (Å²) >= 11 is 0. The van der Waals surface area contributed by atoms with E-state index in [2.05, 4.69) is 77.5 Å². The van der Waals surface area contributed by atoms with Crippen LogP contribution >= 0.6 is 0 Å². The van der Waals surface area contributed by atoms with Crippen molar-refractivity contribution < 1.29 is 4.74 Å². The van der Waals surface area contributed by atoms with Crippen molar-refractivity contribution in [3.63, 3.8) is 0 Å². The number of anilines is 1. The van der Waals surface area contributed by atoms with Crippen LogP contribution in [0, 0.1) is 0 Å². The number of nitrogens with one attached hydrogen (secondary N) is 1. The Morgan fingerprint density at radius 1 is 0.933 bits per heavy atom. The fraction of sp³-hybridized carbons (Fsp3) is 0.538. The van der Waals surface area contributed by atoms with Crippen LogP contribution in [0.15, 0.2) is 48.5 Å². The van der Waals surface area contributed by atoms with E-state index in [4.69, 9.17) is 4.74 Å². The third-order valence-electron chi connectivity index (χ3n) is 6.37. The van der Waals surface area contributed by atoms with Crippen LogP contribution in [0.3, 0.4) is 0 Å². The standard InChI is InChI=1S/C26H39N3O/c1-4-28(5-2)24-13-9-23(10-14-24)21-25(29-19-17-27-18-20-29)8-6-7-22-11-15-26(30-3)16-12-22/h9-16,25,27H,4-8,17-21H2,1-3H3. The summed E-state index contributed by atoms with van der Waals surface area (Å²) in [7, 11) is 1.72. The largest absolute Gasteiger partial charge is 0.497 e. The van der Waals surface area contributed by atoms with E-state index in [0.29, 0.717) is 6.04 Å². The third kappa shape index (κ3) is 6.48. The Bertz CT molecular complexity index is 719. The Kier molecular flexibility index (Phi) is 9.03. The lowest BCUT2D eigenvalue weighted by molar-refractivity contribution is 0.161. The highest BCUT2D eigenvalue weighted by Gasteiger charge is 2.20. The molecule has 1 aliphatic rings. The number of hydrogen-bond acceptors (Lipinski definition) is 4. The quantitative estimate of drug-likeness (QED) is 0.596. The molecule has 0 aromatic heterocycles. The van der Waals surface area contributed by atoms with Gasteiger partial charge in [0.25, 0.3) is 0 Å². The molecule has 0 radical (unpaired) electrons. The fourth-order valence-corrected chi connectivity index (χ4v) is 4.50. The van der Waals surface area contributed by atoms with Gasteiger partial charge in [0, 0.05) is 51.0 Å². The van der Waals surface area contributed by atoms with Crippen molar-refractivity contribution in [2.45, 2.75) is 45.6 Å². The van der Waals surface area contributed by atoms with E-state index < -0.39 is 0 Å². The predicted octanol–water partition coefficient (Wildman–Crippen LogP) is 4.38. The Morgan fingerprint density at radius 3 is 2.17 bits per heavy atom. The van der Waals surface area contributed by atoms with E-state index in [1.807, 2.05) is 0 Å². The number of methoxy groups -OCH3 is 1. The van der Waals surface area contributed by atoms with Crippen molar-refractivity contribution in [3.8, 4) is 5.75 Å². The van der Waals surface area contributed by atoms with Crippen LogP contribution in [0.5, 0.6) is 5.75 Å². The summed E-state index contributed by atoms with van der Waals surface area (Å²) in [5.41, 5.74) is 4.19. The molecule has 4 nitrogen and oxygen atoms in total. The topological polar surface area (TPSA) is 27.7 Å². The molecule has 1 unspecified atom stereocenters. The van der Waals surface area contributed by atoms with Gasteiger partial charge in [0.1, 0.15) is 5.75 Å². The molecule has 3 rings (SSSR count). The molecule has 0 spiro atoms. The molecule has 1 N–H and O–H groups in total. The molecule has 0 saturated carbocycles. The first kappa shape index (κ1) is 22.6. The summed E-state index contributed by atoms with van der Waals surface area (Å²) in [4.78, 5) is 5.11. The molecule has 1 atom stereocenters. The molecule has 1 fully saturated rings. The molecule has 1 aliphatic heterocycles. The van der Waals surface area contributed by atoms with Crippen molar-refractivity contribution in [1.29, 1.82) is 0 Å². The summed E-state index contributed by atoms with van der Waals surface area (Å²) in [5.74, 6) is 0.936. The highest BCUT2D eigenvalue weighted by Crippen LogP contribution is 2.20. The van der Waals surface area contributed by atoms with E-state index in [0.717, 1.165) is 57.9 Å². The predicted molar refractivity (Wildman–Crippen MR) is 128 cm³/mol. The van der Waals surface area contributed by atoms with Crippen LogP contribution in [0.2, 0.25) is 0 Å². The minimum atomic E-state index is 0.615. The fourth-order valence-electron chi connectivity index (χ4n) is 4.50. The van der Waals surface area contributed by atoms with Gasteiger partial charge >= 0.3 is 0 Å². The zero-order chi connectivity index (χ0) is 21.2. The maximum atomic E-state index is 5.28. The van der Waals surface area contributed by atoms with E-state index in [9.17, 15) is 0 Å². The molecule has 0 bridgehead atoms. The lowest BCUT2D eigenvalue weighted by atomic mass is 9.97. The first-order valence-electron chi connectivity index (χ1n) is 11.6. The second kappa shape index (κ2) is 12.0. The average molecular weight is 410 g/mol. The first-order valence-corrected chi connectivity index (χ1v) is 11.6. The zero-order valence-electron chi connectivity index (χ0n) is 19.1. The van der Waals surface area contributed by atoms with Crippen LogP contribution in [-0.4, -0.2) is 57.3 Å². The number of rotatable bonds is 11. The van der Waals surface area contributed by atoms with Gasteiger partial charge in [-0.2, -0.15) is 0 Å². The molecule has 164 valence electrons. The third-order valence-corrected chi connectivity index (χ3v) is 6.37. The molecule has 0 aliphatic carbocycles. The summed E-state index contributed by atoms with van der Waals surface area (Å²) in [6.45, 7) is 11.1. The van der Waals surface area contributed by atoms with Gasteiger partial charge in [-0.15, -0.1) is 0 Å². The zero-order valence-corrected chi connectivity index (χ0v) is 19.1. The van der Waals surface area contributed by atoms with E-state index in [1.165, 1.54) is 29.7 Å². The number of nitrogens with zero attached hydrogens (tertiary/aromatic N) is 2. The van der Waals surface area contributed by atoms with Gasteiger partial charge in [0.2, 0.25) is 0 Å². The number of piperazine rings is 1. The second-order valence-electron chi connectivity index (χ2n) is 8.22. The second-order valence-corrected chi connectivity index (χ2v) is 8.22.